The number of hydrogen-bond donors (Lipinski definition) is 2. The van der Waals surface area contributed by atoms with Crippen LogP contribution in [0.5, 0.6) is 0 Å². The molecule has 0 amide bonds. The van der Waals surface area contributed by atoms with E-state index in [2.05, 4.69) is 5.32 Å². The zero-order valence-electron chi connectivity index (χ0n) is 9.48. The summed E-state index contributed by atoms with van der Waals surface area (Å²) in [5.41, 5.74) is 6.73. The topological polar surface area (TPSA) is 64.4 Å². The molecule has 88 valence electrons. The molecular formula is C12H18N2O2. The predicted octanol–water partition coefficient (Wildman–Crippen LogP) is 0.319. The van der Waals surface area contributed by atoms with E-state index in [1.54, 1.807) is 7.05 Å². The molecule has 1 aromatic rings. The average molecular weight is 222 g/mol. The highest BCUT2D eigenvalue weighted by Crippen LogP contribution is 2.00. The van der Waals surface area contributed by atoms with Gasteiger partial charge in [-0.25, -0.2) is 0 Å². The predicted molar refractivity (Wildman–Crippen MR) is 63.0 cm³/mol. The summed E-state index contributed by atoms with van der Waals surface area (Å²) in [7, 11) is 1.72. The van der Waals surface area contributed by atoms with Gasteiger partial charge < -0.3 is 15.8 Å². The number of ketones is 1. The van der Waals surface area contributed by atoms with Gasteiger partial charge in [0.1, 0.15) is 0 Å². The normalized spacial score (nSPS) is 12.4. The monoisotopic (exact) mass is 222 g/mol. The molecule has 1 atom stereocenters. The SMILES string of the molecule is CNCC(=O)[C@@H](N)COCc1ccccc1. The van der Waals surface area contributed by atoms with Crippen LogP contribution in [-0.2, 0) is 16.1 Å². The second-order valence-electron chi connectivity index (χ2n) is 3.60. The lowest BCUT2D eigenvalue weighted by Crippen LogP contribution is -2.40. The number of carbonyl (C=O) groups excluding carboxylic acids is 1. The molecule has 0 aliphatic heterocycles. The summed E-state index contributed by atoms with van der Waals surface area (Å²) in [5.74, 6) is -0.0319. The summed E-state index contributed by atoms with van der Waals surface area (Å²) in [5, 5.41) is 2.77. The molecule has 4 nitrogen and oxygen atoms in total. The van der Waals surface area contributed by atoms with Gasteiger partial charge in [-0.3, -0.25) is 4.79 Å². The first-order valence-corrected chi connectivity index (χ1v) is 5.28. The van der Waals surface area contributed by atoms with Crippen molar-refractivity contribution in [3.8, 4) is 0 Å². The van der Waals surface area contributed by atoms with E-state index < -0.39 is 6.04 Å². The maximum atomic E-state index is 11.3. The number of likely N-dealkylation sites (N-methyl/N-ethyl adjacent to an activating group) is 1. The highest BCUT2D eigenvalue weighted by Gasteiger charge is 2.11. The highest BCUT2D eigenvalue weighted by molar-refractivity contribution is 5.85. The highest BCUT2D eigenvalue weighted by atomic mass is 16.5. The van der Waals surface area contributed by atoms with Crippen LogP contribution in [0.1, 0.15) is 5.56 Å². The van der Waals surface area contributed by atoms with Crippen LogP contribution in [0.3, 0.4) is 0 Å². The van der Waals surface area contributed by atoms with Gasteiger partial charge >= 0.3 is 0 Å². The molecule has 0 fully saturated rings. The molecule has 0 aromatic heterocycles. The Labute approximate surface area is 95.8 Å². The summed E-state index contributed by atoms with van der Waals surface area (Å²) in [6.07, 6.45) is 0. The number of hydrogen-bond acceptors (Lipinski definition) is 4. The standard InChI is InChI=1S/C12H18N2O2/c1-14-7-12(15)11(13)9-16-8-10-5-3-2-4-6-10/h2-6,11,14H,7-9,13H2,1H3/t11-/m0/s1. The van der Waals surface area contributed by atoms with Gasteiger partial charge in [0, 0.05) is 0 Å². The fraction of sp³-hybridized carbons (Fsp3) is 0.417. The lowest BCUT2D eigenvalue weighted by molar-refractivity contribution is -0.120. The van der Waals surface area contributed by atoms with Crippen molar-refractivity contribution in [1.29, 1.82) is 0 Å². The van der Waals surface area contributed by atoms with Crippen molar-refractivity contribution in [3.05, 3.63) is 35.9 Å². The molecule has 4 heteroatoms. The van der Waals surface area contributed by atoms with Crippen LogP contribution >= 0.6 is 0 Å². The maximum absolute atomic E-state index is 11.3. The fourth-order valence-electron chi connectivity index (χ4n) is 1.28. The summed E-state index contributed by atoms with van der Waals surface area (Å²) >= 11 is 0. The second-order valence-corrected chi connectivity index (χ2v) is 3.60. The van der Waals surface area contributed by atoms with Crippen molar-refractivity contribution in [2.75, 3.05) is 20.2 Å². The molecule has 1 aromatic carbocycles. The molecule has 0 heterocycles. The molecule has 0 spiro atoms. The van der Waals surface area contributed by atoms with E-state index in [9.17, 15) is 4.79 Å². The van der Waals surface area contributed by atoms with Crippen molar-refractivity contribution in [3.63, 3.8) is 0 Å². The Morgan fingerprint density at radius 3 is 2.75 bits per heavy atom. The van der Waals surface area contributed by atoms with Gasteiger partial charge in [-0.1, -0.05) is 30.3 Å². The number of nitrogens with one attached hydrogen (secondary N) is 1. The van der Waals surface area contributed by atoms with Crippen molar-refractivity contribution in [2.45, 2.75) is 12.6 Å². The van der Waals surface area contributed by atoms with Crippen molar-refractivity contribution in [2.24, 2.45) is 5.73 Å². The van der Waals surface area contributed by atoms with E-state index >= 15 is 0 Å². The van der Waals surface area contributed by atoms with Gasteiger partial charge in [-0.15, -0.1) is 0 Å². The average Bonchev–Trinajstić information content (AvgIpc) is 2.30. The number of carbonyl (C=O) groups is 1. The summed E-state index contributed by atoms with van der Waals surface area (Å²) in [6, 6.07) is 9.25. The second kappa shape index (κ2) is 7.11. The van der Waals surface area contributed by atoms with Crippen LogP contribution in [0, 0.1) is 0 Å². The Morgan fingerprint density at radius 2 is 2.12 bits per heavy atom. The van der Waals surface area contributed by atoms with E-state index in [4.69, 9.17) is 10.5 Å². The van der Waals surface area contributed by atoms with E-state index in [-0.39, 0.29) is 18.9 Å². The molecule has 16 heavy (non-hydrogen) atoms. The third kappa shape index (κ3) is 4.53. The summed E-state index contributed by atoms with van der Waals surface area (Å²) < 4.78 is 5.38. The number of ether oxygens (including phenoxy) is 1. The third-order valence-corrected chi connectivity index (χ3v) is 2.17. The van der Waals surface area contributed by atoms with E-state index in [1.165, 1.54) is 0 Å². The lowest BCUT2D eigenvalue weighted by Gasteiger charge is -2.10. The van der Waals surface area contributed by atoms with Crippen LogP contribution in [0.4, 0.5) is 0 Å². The molecule has 1 rings (SSSR count). The molecule has 0 unspecified atom stereocenters. The van der Waals surface area contributed by atoms with Crippen LogP contribution in [0.2, 0.25) is 0 Å². The number of nitrogens with two attached hydrogens (primary N) is 1. The van der Waals surface area contributed by atoms with Crippen LogP contribution in [-0.4, -0.2) is 32.0 Å². The molecule has 0 saturated carbocycles. The largest absolute Gasteiger partial charge is 0.375 e. The Morgan fingerprint density at radius 1 is 1.44 bits per heavy atom. The Hall–Kier alpha value is -1.23. The van der Waals surface area contributed by atoms with Crippen LogP contribution in [0.15, 0.2) is 30.3 Å². The zero-order valence-corrected chi connectivity index (χ0v) is 9.48. The molecule has 0 bridgehead atoms. The van der Waals surface area contributed by atoms with E-state index in [0.717, 1.165) is 5.56 Å². The van der Waals surface area contributed by atoms with Gasteiger partial charge in [-0.2, -0.15) is 0 Å². The minimum absolute atomic E-state index is 0.0319. The quantitative estimate of drug-likeness (QED) is 0.697. The molecule has 3 N–H and O–H groups in total. The number of rotatable bonds is 7. The summed E-state index contributed by atoms with van der Waals surface area (Å²) in [6.45, 7) is 1.03. The molecule has 0 aliphatic carbocycles. The van der Waals surface area contributed by atoms with Gasteiger partial charge in [0.05, 0.1) is 25.8 Å². The Balaban J connectivity index is 2.23. The minimum Gasteiger partial charge on any atom is -0.375 e. The minimum atomic E-state index is -0.545. The number of benzene rings is 1. The van der Waals surface area contributed by atoms with Crippen molar-refractivity contribution < 1.29 is 9.53 Å². The van der Waals surface area contributed by atoms with E-state index in [1.807, 2.05) is 30.3 Å². The first-order valence-electron chi connectivity index (χ1n) is 5.28. The fourth-order valence-corrected chi connectivity index (χ4v) is 1.28. The molecular weight excluding hydrogens is 204 g/mol. The molecule has 0 radical (unpaired) electrons. The van der Waals surface area contributed by atoms with Crippen LogP contribution in [0.25, 0.3) is 0 Å². The third-order valence-electron chi connectivity index (χ3n) is 2.17. The van der Waals surface area contributed by atoms with Gasteiger partial charge in [-0.05, 0) is 12.6 Å². The lowest BCUT2D eigenvalue weighted by atomic mass is 10.2. The van der Waals surface area contributed by atoms with E-state index in [0.29, 0.717) is 6.61 Å². The molecule has 0 saturated heterocycles. The smallest absolute Gasteiger partial charge is 0.165 e. The van der Waals surface area contributed by atoms with Gasteiger partial charge in [0.15, 0.2) is 5.78 Å². The Kier molecular flexibility index (Phi) is 5.71. The van der Waals surface area contributed by atoms with Gasteiger partial charge in [0.2, 0.25) is 0 Å². The number of Topliss-reactive ketones (excluding diaryl/α,β-unsaturated/α-hetero) is 1. The summed E-state index contributed by atoms with van der Waals surface area (Å²) in [4.78, 5) is 11.3. The maximum Gasteiger partial charge on any atom is 0.165 e. The first kappa shape index (κ1) is 12.8. The Bertz CT molecular complexity index is 314. The first-order chi connectivity index (χ1) is 7.74. The van der Waals surface area contributed by atoms with Crippen LogP contribution < -0.4 is 11.1 Å². The molecule has 0 aliphatic rings. The van der Waals surface area contributed by atoms with Crippen molar-refractivity contribution in [1.82, 2.24) is 5.32 Å². The van der Waals surface area contributed by atoms with Crippen molar-refractivity contribution >= 4 is 5.78 Å². The van der Waals surface area contributed by atoms with Gasteiger partial charge in [0.25, 0.3) is 0 Å². The zero-order chi connectivity index (χ0) is 11.8.